The molecule has 5 heteroatoms. The van der Waals surface area contributed by atoms with Crippen LogP contribution < -0.4 is 31.4 Å². The summed E-state index contributed by atoms with van der Waals surface area (Å²) in [7, 11) is 0. The van der Waals surface area contributed by atoms with E-state index in [1.807, 2.05) is 0 Å². The molecule has 1 heterocycles. The summed E-state index contributed by atoms with van der Waals surface area (Å²) in [5, 5.41) is 4.32. The third kappa shape index (κ3) is 5.58. The van der Waals surface area contributed by atoms with Gasteiger partial charge in [0.05, 0.1) is 0 Å². The van der Waals surface area contributed by atoms with E-state index in [0.717, 1.165) is 44.3 Å². The number of hydrogen-bond donors (Lipinski definition) is 1. The molecule has 0 aliphatic carbocycles. The monoisotopic (exact) mass is 480 g/mol. The molecule has 140 valence electrons. The number of nitrogens with zero attached hydrogens (tertiary/aromatic N) is 2. The van der Waals surface area contributed by atoms with E-state index in [0.29, 0.717) is 21.2 Å². The molecule has 1 N–H and O–H groups in total. The number of benzene rings is 2. The van der Waals surface area contributed by atoms with Gasteiger partial charge in [-0.1, -0.05) is 30.3 Å². The van der Waals surface area contributed by atoms with Gasteiger partial charge in [0.1, 0.15) is 0 Å². The number of alkyl halides is 2. The SMILES string of the molecule is C[I-]Cc1cccc(N2CCN(C(=S)NCCc3ccccc3)CC2)c1. The average molecular weight is 480 g/mol. The molecular formula is C21H27IN3S-. The fourth-order valence-electron chi connectivity index (χ4n) is 3.23. The van der Waals surface area contributed by atoms with Crippen LogP contribution in [0.1, 0.15) is 11.1 Å². The van der Waals surface area contributed by atoms with Gasteiger partial charge in [0.25, 0.3) is 0 Å². The first-order chi connectivity index (χ1) is 12.8. The fraction of sp³-hybridized carbons (Fsp3) is 0.381. The van der Waals surface area contributed by atoms with Gasteiger partial charge in [-0.15, -0.1) is 0 Å². The molecule has 0 unspecified atom stereocenters. The van der Waals surface area contributed by atoms with Crippen LogP contribution in [-0.2, 0) is 10.8 Å². The standard InChI is InChI=1S/C21H27IN3S/c1-22-17-19-8-5-9-20(16-19)24-12-14-25(15-13-24)21(26)23-11-10-18-6-3-2-4-7-18/h2-9,16H,10-15,17H2,1H3,(H,23,26)/q-1. The van der Waals surface area contributed by atoms with Crippen molar-refractivity contribution in [3.05, 3.63) is 65.7 Å². The van der Waals surface area contributed by atoms with E-state index in [9.17, 15) is 0 Å². The Bertz CT molecular complexity index is 699. The summed E-state index contributed by atoms with van der Waals surface area (Å²) in [5.41, 5.74) is 4.20. The molecule has 26 heavy (non-hydrogen) atoms. The van der Waals surface area contributed by atoms with Gasteiger partial charge in [-0.05, 0) is 5.56 Å². The van der Waals surface area contributed by atoms with Crippen molar-refractivity contribution in [2.75, 3.05) is 42.6 Å². The molecule has 0 amide bonds. The van der Waals surface area contributed by atoms with Crippen LogP contribution in [-0.4, -0.2) is 47.7 Å². The molecule has 1 saturated heterocycles. The van der Waals surface area contributed by atoms with E-state index in [1.54, 1.807) is 0 Å². The van der Waals surface area contributed by atoms with Crippen LogP contribution in [0.25, 0.3) is 0 Å². The molecule has 0 atom stereocenters. The van der Waals surface area contributed by atoms with Crippen molar-refractivity contribution in [3.8, 4) is 0 Å². The van der Waals surface area contributed by atoms with Crippen LogP contribution in [0.5, 0.6) is 0 Å². The van der Waals surface area contributed by atoms with E-state index in [4.69, 9.17) is 12.2 Å². The molecule has 3 nitrogen and oxygen atoms in total. The summed E-state index contributed by atoms with van der Waals surface area (Å²) in [5.74, 6) is 0. The Labute approximate surface area is 173 Å². The van der Waals surface area contributed by atoms with E-state index in [2.05, 4.69) is 74.6 Å². The summed E-state index contributed by atoms with van der Waals surface area (Å²) in [6.07, 6.45) is 1.01. The van der Waals surface area contributed by atoms with Gasteiger partial charge in [-0.3, -0.25) is 0 Å². The first-order valence-corrected chi connectivity index (χ1v) is 13.2. The third-order valence-corrected chi connectivity index (χ3v) is 6.71. The summed E-state index contributed by atoms with van der Waals surface area (Å²) >= 11 is 5.91. The van der Waals surface area contributed by atoms with Gasteiger partial charge < -0.3 is 0 Å². The van der Waals surface area contributed by atoms with Crippen LogP contribution in [0.4, 0.5) is 5.69 Å². The molecule has 2 aromatic rings. The van der Waals surface area contributed by atoms with Crippen molar-refractivity contribution >= 4 is 23.0 Å². The van der Waals surface area contributed by atoms with Crippen LogP contribution in [0.2, 0.25) is 0 Å². The van der Waals surface area contributed by atoms with Crippen LogP contribution >= 0.6 is 12.2 Å². The summed E-state index contributed by atoms with van der Waals surface area (Å²) in [6.45, 7) is 4.94. The molecule has 0 aromatic heterocycles. The van der Waals surface area contributed by atoms with Gasteiger partial charge in [0, 0.05) is 0 Å². The maximum atomic E-state index is 5.60. The molecule has 2 aromatic carbocycles. The predicted molar refractivity (Wildman–Crippen MR) is 111 cm³/mol. The van der Waals surface area contributed by atoms with Gasteiger partial charge in [0.15, 0.2) is 0 Å². The van der Waals surface area contributed by atoms with Crippen molar-refractivity contribution in [2.24, 2.45) is 0 Å². The van der Waals surface area contributed by atoms with Crippen LogP contribution in [0.15, 0.2) is 54.6 Å². The number of nitrogens with one attached hydrogen (secondary N) is 1. The zero-order valence-electron chi connectivity index (χ0n) is 15.3. The van der Waals surface area contributed by atoms with Gasteiger partial charge in [-0.25, -0.2) is 0 Å². The molecule has 0 saturated carbocycles. The third-order valence-electron chi connectivity index (χ3n) is 4.66. The van der Waals surface area contributed by atoms with Crippen molar-refractivity contribution < 1.29 is 21.2 Å². The summed E-state index contributed by atoms with van der Waals surface area (Å²) in [6, 6.07) is 19.6. The molecule has 0 bridgehead atoms. The second-order valence-electron chi connectivity index (χ2n) is 6.51. The molecule has 0 spiro atoms. The number of hydrogen-bond acceptors (Lipinski definition) is 2. The fourth-order valence-corrected chi connectivity index (χ4v) is 4.87. The second kappa shape index (κ2) is 10.1. The molecule has 1 fully saturated rings. The quantitative estimate of drug-likeness (QED) is 0.360. The topological polar surface area (TPSA) is 18.5 Å². The summed E-state index contributed by atoms with van der Waals surface area (Å²) in [4.78, 5) is 7.13. The Morgan fingerprint density at radius 2 is 1.73 bits per heavy atom. The van der Waals surface area contributed by atoms with E-state index in [-0.39, 0.29) is 0 Å². The summed E-state index contributed by atoms with van der Waals surface area (Å²) < 4.78 is 1.27. The van der Waals surface area contributed by atoms with Crippen molar-refractivity contribution in [2.45, 2.75) is 10.8 Å². The van der Waals surface area contributed by atoms with E-state index < -0.39 is 0 Å². The minimum atomic E-state index is 0.305. The molecule has 1 aliphatic heterocycles. The Morgan fingerprint density at radius 3 is 2.46 bits per heavy atom. The van der Waals surface area contributed by atoms with E-state index in [1.165, 1.54) is 21.2 Å². The zero-order chi connectivity index (χ0) is 18.2. The van der Waals surface area contributed by atoms with Crippen molar-refractivity contribution in [1.29, 1.82) is 0 Å². The Hall–Kier alpha value is -1.34. The minimum absolute atomic E-state index is 0.305. The second-order valence-corrected chi connectivity index (χ2v) is 9.19. The average Bonchev–Trinajstić information content (AvgIpc) is 2.69. The molecular weight excluding hydrogens is 453 g/mol. The molecule has 1 aliphatic rings. The normalized spacial score (nSPS) is 14.5. The van der Waals surface area contributed by atoms with Gasteiger partial charge >= 0.3 is 138 Å². The number of halogens is 1. The van der Waals surface area contributed by atoms with Gasteiger partial charge in [0.2, 0.25) is 0 Å². The zero-order valence-corrected chi connectivity index (χ0v) is 18.3. The number of thiocarbonyl (C=S) groups is 1. The van der Waals surface area contributed by atoms with Crippen LogP contribution in [0.3, 0.4) is 0 Å². The Kier molecular flexibility index (Phi) is 7.55. The molecule has 0 radical (unpaired) electrons. The number of piperazine rings is 1. The first-order valence-electron chi connectivity index (χ1n) is 9.10. The van der Waals surface area contributed by atoms with Crippen molar-refractivity contribution in [3.63, 3.8) is 0 Å². The predicted octanol–water partition coefficient (Wildman–Crippen LogP) is 0.145. The van der Waals surface area contributed by atoms with Crippen LogP contribution in [0, 0.1) is 0 Å². The Balaban J connectivity index is 1.44. The van der Waals surface area contributed by atoms with Gasteiger partial charge in [-0.2, -0.15) is 0 Å². The number of anilines is 1. The first kappa shape index (κ1) is 19.4. The van der Waals surface area contributed by atoms with Crippen molar-refractivity contribution in [1.82, 2.24) is 10.2 Å². The Morgan fingerprint density at radius 1 is 1.00 bits per heavy atom. The molecule has 3 rings (SSSR count). The number of rotatable bonds is 6. The maximum absolute atomic E-state index is 5.60. The van der Waals surface area contributed by atoms with E-state index >= 15 is 0 Å².